The zero-order valence-corrected chi connectivity index (χ0v) is 14.8. The predicted octanol–water partition coefficient (Wildman–Crippen LogP) is 3.03. The van der Waals surface area contributed by atoms with Gasteiger partial charge in [-0.05, 0) is 51.8 Å². The van der Waals surface area contributed by atoms with Gasteiger partial charge >= 0.3 is 6.03 Å². The molecular formula is C19H29N3O2. The number of hydrogen-bond donors (Lipinski definition) is 1. The first-order chi connectivity index (χ1) is 11.7. The molecule has 24 heavy (non-hydrogen) atoms. The lowest BCUT2D eigenvalue weighted by molar-refractivity contribution is 0.172. The minimum Gasteiger partial charge on any atom is -0.496 e. The van der Waals surface area contributed by atoms with Gasteiger partial charge in [0.05, 0.1) is 13.2 Å². The molecule has 0 aliphatic carbocycles. The maximum absolute atomic E-state index is 12.8. The number of carbonyl (C=O) groups is 1. The van der Waals surface area contributed by atoms with Gasteiger partial charge in [0.2, 0.25) is 0 Å². The predicted molar refractivity (Wildman–Crippen MR) is 95.3 cm³/mol. The highest BCUT2D eigenvalue weighted by atomic mass is 16.5. The smallest absolute Gasteiger partial charge is 0.318 e. The third-order valence-electron chi connectivity index (χ3n) is 5.25. The third-order valence-corrected chi connectivity index (χ3v) is 5.25. The average Bonchev–Trinajstić information content (AvgIpc) is 3.27. The maximum Gasteiger partial charge on any atom is 0.318 e. The Bertz CT molecular complexity index is 557. The summed E-state index contributed by atoms with van der Waals surface area (Å²) >= 11 is 0. The van der Waals surface area contributed by atoms with Gasteiger partial charge in [-0.15, -0.1) is 0 Å². The molecular weight excluding hydrogens is 302 g/mol. The van der Waals surface area contributed by atoms with E-state index < -0.39 is 0 Å². The Morgan fingerprint density at radius 3 is 2.75 bits per heavy atom. The molecule has 2 fully saturated rings. The molecule has 5 heteroatoms. The zero-order chi connectivity index (χ0) is 16.9. The minimum absolute atomic E-state index is 0.0510. The molecule has 1 aromatic carbocycles. The fourth-order valence-corrected chi connectivity index (χ4v) is 3.93. The summed E-state index contributed by atoms with van der Waals surface area (Å²) in [6.45, 7) is 6.27. The highest BCUT2D eigenvalue weighted by Crippen LogP contribution is 2.26. The first-order valence-corrected chi connectivity index (χ1v) is 9.11. The van der Waals surface area contributed by atoms with Crippen LogP contribution in [0.25, 0.3) is 0 Å². The van der Waals surface area contributed by atoms with Crippen molar-refractivity contribution in [3.63, 3.8) is 0 Å². The second kappa shape index (κ2) is 7.88. The molecule has 0 radical (unpaired) electrons. The molecule has 2 atom stereocenters. The number of nitrogens with zero attached hydrogens (tertiary/aromatic N) is 2. The topological polar surface area (TPSA) is 44.8 Å². The Kier molecular flexibility index (Phi) is 5.61. The quantitative estimate of drug-likeness (QED) is 0.902. The minimum atomic E-state index is -0.0679. The number of methoxy groups -OCH3 is 1. The summed E-state index contributed by atoms with van der Waals surface area (Å²) in [4.78, 5) is 17.3. The van der Waals surface area contributed by atoms with E-state index in [1.807, 2.05) is 36.1 Å². The van der Waals surface area contributed by atoms with Gasteiger partial charge in [-0.3, -0.25) is 0 Å². The van der Waals surface area contributed by atoms with Crippen molar-refractivity contribution in [2.24, 2.45) is 0 Å². The largest absolute Gasteiger partial charge is 0.496 e. The summed E-state index contributed by atoms with van der Waals surface area (Å²) in [5.74, 6) is 0.820. The van der Waals surface area contributed by atoms with Crippen molar-refractivity contribution in [1.82, 2.24) is 15.1 Å². The SMILES string of the molecule is COc1ccccc1[C@@H](C)NC(=O)N1CCC[C@H]1CN1CCCC1. The molecule has 2 saturated heterocycles. The molecule has 2 heterocycles. The third kappa shape index (κ3) is 3.83. The molecule has 5 nitrogen and oxygen atoms in total. The second-order valence-electron chi connectivity index (χ2n) is 6.91. The number of rotatable bonds is 5. The van der Waals surface area contributed by atoms with Gasteiger partial charge in [0.1, 0.15) is 5.75 Å². The van der Waals surface area contributed by atoms with Crippen molar-refractivity contribution in [2.45, 2.75) is 44.7 Å². The lowest BCUT2D eigenvalue weighted by atomic mass is 10.1. The number of ether oxygens (including phenoxy) is 1. The van der Waals surface area contributed by atoms with Crippen LogP contribution in [0.1, 0.15) is 44.2 Å². The molecule has 132 valence electrons. The molecule has 1 aromatic rings. The van der Waals surface area contributed by atoms with Gasteiger partial charge in [0, 0.05) is 24.7 Å². The van der Waals surface area contributed by atoms with Gasteiger partial charge in [-0.25, -0.2) is 4.79 Å². The van der Waals surface area contributed by atoms with Crippen LogP contribution in [-0.4, -0.2) is 55.2 Å². The van der Waals surface area contributed by atoms with Crippen LogP contribution in [0.15, 0.2) is 24.3 Å². The number of amides is 2. The van der Waals surface area contributed by atoms with Crippen molar-refractivity contribution in [3.8, 4) is 5.75 Å². The van der Waals surface area contributed by atoms with Crippen molar-refractivity contribution in [1.29, 1.82) is 0 Å². The van der Waals surface area contributed by atoms with Crippen LogP contribution in [0.4, 0.5) is 4.79 Å². The van der Waals surface area contributed by atoms with E-state index in [4.69, 9.17) is 4.74 Å². The lowest BCUT2D eigenvalue weighted by Crippen LogP contribution is -2.47. The van der Waals surface area contributed by atoms with Crippen LogP contribution in [0.3, 0.4) is 0 Å². The molecule has 0 saturated carbocycles. The van der Waals surface area contributed by atoms with E-state index in [1.165, 1.54) is 25.9 Å². The number of urea groups is 1. The Morgan fingerprint density at radius 2 is 2.00 bits per heavy atom. The molecule has 2 amide bonds. The molecule has 0 bridgehead atoms. The molecule has 1 N–H and O–H groups in total. The molecule has 0 spiro atoms. The molecule has 0 unspecified atom stereocenters. The van der Waals surface area contributed by atoms with E-state index in [-0.39, 0.29) is 12.1 Å². The van der Waals surface area contributed by atoms with Gasteiger partial charge in [-0.2, -0.15) is 0 Å². The van der Waals surface area contributed by atoms with E-state index >= 15 is 0 Å². The number of likely N-dealkylation sites (tertiary alicyclic amines) is 2. The first-order valence-electron chi connectivity index (χ1n) is 9.11. The summed E-state index contributed by atoms with van der Waals surface area (Å²) in [5, 5.41) is 3.16. The summed E-state index contributed by atoms with van der Waals surface area (Å²) in [6, 6.07) is 8.21. The summed E-state index contributed by atoms with van der Waals surface area (Å²) in [5.41, 5.74) is 1.02. The molecule has 2 aliphatic heterocycles. The van der Waals surface area contributed by atoms with Gasteiger partial charge < -0.3 is 19.9 Å². The average molecular weight is 331 g/mol. The van der Waals surface area contributed by atoms with E-state index in [9.17, 15) is 4.79 Å². The number of para-hydroxylation sites is 1. The van der Waals surface area contributed by atoms with Crippen molar-refractivity contribution in [2.75, 3.05) is 33.3 Å². The van der Waals surface area contributed by atoms with E-state index in [0.29, 0.717) is 6.04 Å². The number of hydrogen-bond acceptors (Lipinski definition) is 3. The normalized spacial score (nSPS) is 22.6. The fraction of sp³-hybridized carbons (Fsp3) is 0.632. The van der Waals surface area contributed by atoms with E-state index in [0.717, 1.165) is 37.2 Å². The molecule has 2 aliphatic rings. The molecule has 3 rings (SSSR count). The highest BCUT2D eigenvalue weighted by molar-refractivity contribution is 5.75. The lowest BCUT2D eigenvalue weighted by Gasteiger charge is -2.30. The summed E-state index contributed by atoms with van der Waals surface area (Å²) in [6.07, 6.45) is 4.81. The standard InChI is InChI=1S/C19H29N3O2/c1-15(17-9-3-4-10-18(17)24-2)20-19(23)22-13-7-8-16(22)14-21-11-5-6-12-21/h3-4,9-10,15-16H,5-8,11-14H2,1-2H3,(H,20,23)/t15-,16+/m1/s1. The van der Waals surface area contributed by atoms with Gasteiger partial charge in [0.25, 0.3) is 0 Å². The van der Waals surface area contributed by atoms with Crippen molar-refractivity contribution in [3.05, 3.63) is 29.8 Å². The van der Waals surface area contributed by atoms with E-state index in [1.54, 1.807) is 7.11 Å². The van der Waals surface area contributed by atoms with Crippen molar-refractivity contribution >= 4 is 6.03 Å². The number of benzene rings is 1. The van der Waals surface area contributed by atoms with Crippen LogP contribution in [-0.2, 0) is 0 Å². The van der Waals surface area contributed by atoms with Gasteiger partial charge in [-0.1, -0.05) is 18.2 Å². The summed E-state index contributed by atoms with van der Waals surface area (Å²) < 4.78 is 5.41. The van der Waals surface area contributed by atoms with Crippen molar-refractivity contribution < 1.29 is 9.53 Å². The second-order valence-corrected chi connectivity index (χ2v) is 6.91. The molecule has 0 aromatic heterocycles. The zero-order valence-electron chi connectivity index (χ0n) is 14.8. The number of carbonyl (C=O) groups excluding carboxylic acids is 1. The maximum atomic E-state index is 12.8. The van der Waals surface area contributed by atoms with Crippen LogP contribution in [0.5, 0.6) is 5.75 Å². The van der Waals surface area contributed by atoms with Gasteiger partial charge in [0.15, 0.2) is 0 Å². The highest BCUT2D eigenvalue weighted by Gasteiger charge is 2.31. The summed E-state index contributed by atoms with van der Waals surface area (Å²) in [7, 11) is 1.67. The van der Waals surface area contributed by atoms with E-state index in [2.05, 4.69) is 10.2 Å². The number of nitrogens with one attached hydrogen (secondary N) is 1. The Morgan fingerprint density at radius 1 is 1.25 bits per heavy atom. The van der Waals surface area contributed by atoms with Crippen LogP contribution >= 0.6 is 0 Å². The Hall–Kier alpha value is -1.75. The first kappa shape index (κ1) is 17.1. The Balaban J connectivity index is 1.60. The monoisotopic (exact) mass is 331 g/mol. The van der Waals surface area contributed by atoms with Crippen LogP contribution in [0, 0.1) is 0 Å². The van der Waals surface area contributed by atoms with Crippen LogP contribution in [0.2, 0.25) is 0 Å². The fourth-order valence-electron chi connectivity index (χ4n) is 3.93. The van der Waals surface area contributed by atoms with Crippen LogP contribution < -0.4 is 10.1 Å². The Labute approximate surface area is 145 Å².